The van der Waals surface area contributed by atoms with Crippen molar-refractivity contribution >= 4 is 16.9 Å². The van der Waals surface area contributed by atoms with Crippen LogP contribution < -0.4 is 5.43 Å². The van der Waals surface area contributed by atoms with Crippen LogP contribution in [0, 0.1) is 12.7 Å². The van der Waals surface area contributed by atoms with Gasteiger partial charge in [0.05, 0.1) is 12.1 Å². The maximum absolute atomic E-state index is 13.3. The van der Waals surface area contributed by atoms with Crippen LogP contribution in [0.2, 0.25) is 0 Å². The van der Waals surface area contributed by atoms with Crippen LogP contribution in [0.15, 0.2) is 23.1 Å². The van der Waals surface area contributed by atoms with Gasteiger partial charge in [-0.2, -0.15) is 0 Å². The Morgan fingerprint density at radius 2 is 2.17 bits per heavy atom. The van der Waals surface area contributed by atoms with Gasteiger partial charge in [-0.05, 0) is 31.5 Å². The van der Waals surface area contributed by atoms with Crippen molar-refractivity contribution < 1.29 is 13.9 Å². The molecule has 0 amide bonds. The number of nitrogens with one attached hydrogen (secondary N) is 1. The molecule has 1 heterocycles. The first-order chi connectivity index (χ1) is 8.54. The average Bonchev–Trinajstić information content (AvgIpc) is 2.30. The van der Waals surface area contributed by atoms with E-state index in [4.69, 9.17) is 4.74 Å². The smallest absolute Gasteiger partial charge is 0.343 e. The molecule has 0 aliphatic heterocycles. The van der Waals surface area contributed by atoms with E-state index in [1.54, 1.807) is 13.8 Å². The highest BCUT2D eigenvalue weighted by atomic mass is 19.1. The molecule has 0 saturated carbocycles. The molecule has 94 valence electrons. The van der Waals surface area contributed by atoms with Gasteiger partial charge in [0.1, 0.15) is 11.4 Å². The summed E-state index contributed by atoms with van der Waals surface area (Å²) in [4.78, 5) is 26.4. The Kier molecular flexibility index (Phi) is 3.14. The third-order valence-electron chi connectivity index (χ3n) is 2.65. The fraction of sp³-hybridized carbons (Fsp3) is 0.231. The van der Waals surface area contributed by atoms with Crippen molar-refractivity contribution in [3.05, 3.63) is 45.5 Å². The molecule has 0 aliphatic rings. The summed E-state index contributed by atoms with van der Waals surface area (Å²) in [6.07, 6.45) is 1.30. The molecular weight excluding hydrogens is 237 g/mol. The van der Waals surface area contributed by atoms with Crippen LogP contribution in [0.4, 0.5) is 4.39 Å². The Morgan fingerprint density at radius 3 is 2.83 bits per heavy atom. The number of hydrogen-bond acceptors (Lipinski definition) is 3. The highest BCUT2D eigenvalue weighted by Crippen LogP contribution is 2.15. The van der Waals surface area contributed by atoms with Crippen molar-refractivity contribution in [2.24, 2.45) is 0 Å². The number of pyridine rings is 1. The largest absolute Gasteiger partial charge is 0.462 e. The Labute approximate surface area is 102 Å². The van der Waals surface area contributed by atoms with Crippen LogP contribution >= 0.6 is 0 Å². The Hall–Kier alpha value is -2.17. The van der Waals surface area contributed by atoms with Crippen LogP contribution in [0.3, 0.4) is 0 Å². The lowest BCUT2D eigenvalue weighted by Gasteiger charge is -2.05. The highest BCUT2D eigenvalue weighted by Gasteiger charge is 2.15. The molecule has 5 heteroatoms. The van der Waals surface area contributed by atoms with E-state index in [9.17, 15) is 14.0 Å². The summed E-state index contributed by atoms with van der Waals surface area (Å²) >= 11 is 0. The first-order valence-electron chi connectivity index (χ1n) is 5.53. The van der Waals surface area contributed by atoms with Crippen molar-refractivity contribution in [1.29, 1.82) is 0 Å². The standard InChI is InChI=1S/C13H12FNO3/c1-3-18-13(17)10-6-15-11-7(2)4-8(14)5-9(11)12(10)16/h4-6H,3H2,1-2H3,(H,15,16). The third-order valence-corrected chi connectivity index (χ3v) is 2.65. The summed E-state index contributed by atoms with van der Waals surface area (Å²) in [5, 5.41) is 0.151. The molecule has 0 radical (unpaired) electrons. The Morgan fingerprint density at radius 1 is 1.44 bits per heavy atom. The summed E-state index contributed by atoms with van der Waals surface area (Å²) < 4.78 is 18.1. The quantitative estimate of drug-likeness (QED) is 0.829. The van der Waals surface area contributed by atoms with Crippen LogP contribution in [-0.4, -0.2) is 17.6 Å². The van der Waals surface area contributed by atoms with Crippen LogP contribution in [0.5, 0.6) is 0 Å². The van der Waals surface area contributed by atoms with Gasteiger partial charge in [-0.25, -0.2) is 9.18 Å². The molecule has 0 unspecified atom stereocenters. The van der Waals surface area contributed by atoms with E-state index in [0.717, 1.165) is 6.07 Å². The van der Waals surface area contributed by atoms with Crippen molar-refractivity contribution in [3.63, 3.8) is 0 Å². The molecule has 1 aromatic carbocycles. The number of aryl methyl sites for hydroxylation is 1. The minimum absolute atomic E-state index is 0.116. The van der Waals surface area contributed by atoms with Gasteiger partial charge in [-0.1, -0.05) is 0 Å². The van der Waals surface area contributed by atoms with Crippen LogP contribution in [0.1, 0.15) is 22.8 Å². The number of halogens is 1. The van der Waals surface area contributed by atoms with E-state index in [1.165, 1.54) is 12.3 Å². The van der Waals surface area contributed by atoms with Gasteiger partial charge in [0, 0.05) is 11.6 Å². The second kappa shape index (κ2) is 4.60. The fourth-order valence-corrected chi connectivity index (χ4v) is 1.83. The molecule has 4 nitrogen and oxygen atoms in total. The zero-order valence-electron chi connectivity index (χ0n) is 10.0. The molecule has 0 spiro atoms. The van der Waals surface area contributed by atoms with E-state index in [-0.39, 0.29) is 17.6 Å². The lowest BCUT2D eigenvalue weighted by Crippen LogP contribution is -2.18. The minimum atomic E-state index is -0.706. The second-order valence-electron chi connectivity index (χ2n) is 3.90. The number of aromatic amines is 1. The summed E-state index contributed by atoms with van der Waals surface area (Å²) in [6, 6.07) is 2.44. The number of rotatable bonds is 2. The highest BCUT2D eigenvalue weighted by molar-refractivity contribution is 5.94. The summed E-state index contributed by atoms with van der Waals surface area (Å²) in [7, 11) is 0. The van der Waals surface area contributed by atoms with E-state index in [1.807, 2.05) is 0 Å². The number of benzene rings is 1. The molecule has 1 N–H and O–H groups in total. The van der Waals surface area contributed by atoms with Gasteiger partial charge in [0.15, 0.2) is 0 Å². The number of aromatic nitrogens is 1. The van der Waals surface area contributed by atoms with Gasteiger partial charge in [0.2, 0.25) is 5.43 Å². The molecular formula is C13H12FNO3. The number of esters is 1. The van der Waals surface area contributed by atoms with Gasteiger partial charge >= 0.3 is 5.97 Å². The second-order valence-corrected chi connectivity index (χ2v) is 3.90. The lowest BCUT2D eigenvalue weighted by atomic mass is 10.1. The summed E-state index contributed by atoms with van der Waals surface area (Å²) in [6.45, 7) is 3.51. The molecule has 2 rings (SSSR count). The third kappa shape index (κ3) is 1.99. The molecule has 2 aromatic rings. The van der Waals surface area contributed by atoms with Crippen molar-refractivity contribution in [2.45, 2.75) is 13.8 Å². The molecule has 18 heavy (non-hydrogen) atoms. The Bertz CT molecular complexity index is 676. The predicted molar refractivity (Wildman–Crippen MR) is 65.2 cm³/mol. The monoisotopic (exact) mass is 249 g/mol. The fourth-order valence-electron chi connectivity index (χ4n) is 1.83. The molecule has 0 atom stereocenters. The van der Waals surface area contributed by atoms with Crippen molar-refractivity contribution in [1.82, 2.24) is 4.98 Å². The molecule has 0 aliphatic carbocycles. The zero-order valence-corrected chi connectivity index (χ0v) is 10.0. The number of ether oxygens (including phenoxy) is 1. The van der Waals surface area contributed by atoms with E-state index < -0.39 is 17.2 Å². The number of fused-ring (bicyclic) bond motifs is 1. The molecule has 1 aromatic heterocycles. The molecule has 0 saturated heterocycles. The molecule has 0 bridgehead atoms. The van der Waals surface area contributed by atoms with Gasteiger partial charge < -0.3 is 9.72 Å². The lowest BCUT2D eigenvalue weighted by molar-refractivity contribution is 0.0524. The number of H-pyrrole nitrogens is 1. The van der Waals surface area contributed by atoms with Gasteiger partial charge in [-0.15, -0.1) is 0 Å². The molecule has 0 fully saturated rings. The average molecular weight is 249 g/mol. The van der Waals surface area contributed by atoms with E-state index >= 15 is 0 Å². The first-order valence-corrected chi connectivity index (χ1v) is 5.53. The van der Waals surface area contributed by atoms with E-state index in [0.29, 0.717) is 11.1 Å². The van der Waals surface area contributed by atoms with Crippen molar-refractivity contribution in [3.8, 4) is 0 Å². The van der Waals surface area contributed by atoms with Crippen LogP contribution in [0.25, 0.3) is 10.9 Å². The SMILES string of the molecule is CCOC(=O)c1c[nH]c2c(C)cc(F)cc2c1=O. The minimum Gasteiger partial charge on any atom is -0.462 e. The maximum Gasteiger partial charge on any atom is 0.343 e. The van der Waals surface area contributed by atoms with Gasteiger partial charge in [0.25, 0.3) is 0 Å². The van der Waals surface area contributed by atoms with Gasteiger partial charge in [-0.3, -0.25) is 4.79 Å². The summed E-state index contributed by atoms with van der Waals surface area (Å²) in [5.41, 5.74) is 0.492. The first kappa shape index (κ1) is 12.3. The Balaban J connectivity index is 2.71. The maximum atomic E-state index is 13.3. The number of hydrogen-bond donors (Lipinski definition) is 1. The number of carbonyl (C=O) groups is 1. The zero-order chi connectivity index (χ0) is 13.3. The normalized spacial score (nSPS) is 10.6. The number of carbonyl (C=O) groups excluding carboxylic acids is 1. The summed E-state index contributed by atoms with van der Waals surface area (Å²) in [5.74, 6) is -1.21. The van der Waals surface area contributed by atoms with Crippen molar-refractivity contribution in [2.75, 3.05) is 6.61 Å². The van der Waals surface area contributed by atoms with Crippen LogP contribution in [-0.2, 0) is 4.74 Å². The van der Waals surface area contributed by atoms with E-state index in [2.05, 4.69) is 4.98 Å². The topological polar surface area (TPSA) is 59.2 Å². The predicted octanol–water partition coefficient (Wildman–Crippen LogP) is 2.15.